The van der Waals surface area contributed by atoms with Crippen LogP contribution in [-0.2, 0) is 21.0 Å². The molecular formula is C27H30N2O3. The molecule has 1 atom stereocenters. The van der Waals surface area contributed by atoms with Gasteiger partial charge in [-0.1, -0.05) is 84.4 Å². The minimum atomic E-state index is -0.915. The maximum atomic E-state index is 13.3. The van der Waals surface area contributed by atoms with E-state index in [9.17, 15) is 9.59 Å². The quantitative estimate of drug-likeness (QED) is 0.394. The van der Waals surface area contributed by atoms with E-state index >= 15 is 0 Å². The van der Waals surface area contributed by atoms with Crippen molar-refractivity contribution in [3.8, 4) is 11.1 Å². The van der Waals surface area contributed by atoms with Crippen LogP contribution in [0.1, 0.15) is 43.5 Å². The molecule has 0 saturated heterocycles. The first kappa shape index (κ1) is 23.2. The summed E-state index contributed by atoms with van der Waals surface area (Å²) >= 11 is 0. The Balaban J connectivity index is 1.87. The second-order valence-corrected chi connectivity index (χ2v) is 8.77. The van der Waals surface area contributed by atoms with E-state index in [2.05, 4.69) is 5.32 Å². The van der Waals surface area contributed by atoms with Crippen LogP contribution in [0.3, 0.4) is 0 Å². The molecule has 5 nitrogen and oxygen atoms in total. The van der Waals surface area contributed by atoms with Gasteiger partial charge in [0.15, 0.2) is 6.04 Å². The fourth-order valence-electron chi connectivity index (χ4n) is 3.46. The van der Waals surface area contributed by atoms with E-state index in [1.807, 2.05) is 107 Å². The zero-order valence-corrected chi connectivity index (χ0v) is 19.0. The molecule has 0 aliphatic rings. The molecule has 1 unspecified atom stereocenters. The zero-order chi connectivity index (χ0) is 23.1. The molecule has 5 heteroatoms. The average Bonchev–Trinajstić information content (AvgIpc) is 2.77. The monoisotopic (exact) mass is 430 g/mol. The van der Waals surface area contributed by atoms with E-state index in [0.717, 1.165) is 27.3 Å². The molecule has 0 aliphatic carbocycles. The number of carbonyl (C=O) groups excluding carboxylic acids is 2. The molecule has 3 rings (SSSR count). The van der Waals surface area contributed by atoms with Crippen molar-refractivity contribution in [1.29, 1.82) is 0 Å². The summed E-state index contributed by atoms with van der Waals surface area (Å²) in [7, 11) is 0. The van der Waals surface area contributed by atoms with Gasteiger partial charge in [-0.05, 0) is 49.9 Å². The van der Waals surface area contributed by atoms with Crippen LogP contribution in [0.2, 0.25) is 0 Å². The second kappa shape index (κ2) is 10.2. The van der Waals surface area contributed by atoms with Crippen LogP contribution in [0.5, 0.6) is 0 Å². The molecule has 0 aliphatic heterocycles. The van der Waals surface area contributed by atoms with Crippen LogP contribution in [-0.4, -0.2) is 23.0 Å². The normalized spacial score (nSPS) is 12.1. The van der Waals surface area contributed by atoms with Crippen LogP contribution in [0.4, 0.5) is 0 Å². The van der Waals surface area contributed by atoms with Crippen molar-refractivity contribution in [3.05, 3.63) is 95.6 Å². The molecule has 0 aromatic heterocycles. The van der Waals surface area contributed by atoms with Gasteiger partial charge in [0, 0.05) is 6.54 Å². The summed E-state index contributed by atoms with van der Waals surface area (Å²) in [5, 5.41) is 4.05. The van der Waals surface area contributed by atoms with Gasteiger partial charge in [0.2, 0.25) is 12.3 Å². The van der Waals surface area contributed by atoms with Crippen molar-refractivity contribution in [1.82, 2.24) is 10.4 Å². The number of rotatable bonds is 8. The van der Waals surface area contributed by atoms with Crippen molar-refractivity contribution < 1.29 is 14.4 Å². The summed E-state index contributed by atoms with van der Waals surface area (Å²) < 4.78 is 0. The van der Waals surface area contributed by atoms with Crippen molar-refractivity contribution in [2.24, 2.45) is 0 Å². The SMILES string of the molecule is Cc1cccc(CNC(=O)C(c2ccc(-c3ccccc3)cc2)N(C=O)OC(C)(C)C)c1. The van der Waals surface area contributed by atoms with E-state index in [4.69, 9.17) is 4.84 Å². The standard InChI is InChI=1S/C27H30N2O3/c1-20-9-8-10-21(17-20)18-28-26(31)25(29(19-30)32-27(2,3)4)24-15-13-23(14-16-24)22-11-6-5-7-12-22/h5-17,19,25H,18H2,1-4H3,(H,28,31). The van der Waals surface area contributed by atoms with Crippen LogP contribution < -0.4 is 5.32 Å². The van der Waals surface area contributed by atoms with Crippen LogP contribution in [0.25, 0.3) is 11.1 Å². The number of carbonyl (C=O) groups is 2. The number of nitrogens with one attached hydrogen (secondary N) is 1. The third-order valence-electron chi connectivity index (χ3n) is 4.87. The number of hydrogen-bond donors (Lipinski definition) is 1. The molecule has 166 valence electrons. The molecule has 3 aromatic carbocycles. The topological polar surface area (TPSA) is 58.6 Å². The molecule has 2 amide bonds. The minimum Gasteiger partial charge on any atom is -0.350 e. The van der Waals surface area contributed by atoms with E-state index in [-0.39, 0.29) is 5.91 Å². The van der Waals surface area contributed by atoms with Gasteiger partial charge >= 0.3 is 0 Å². The first-order chi connectivity index (χ1) is 15.3. The third-order valence-corrected chi connectivity index (χ3v) is 4.87. The summed E-state index contributed by atoms with van der Waals surface area (Å²) in [6, 6.07) is 24.6. The van der Waals surface area contributed by atoms with Crippen molar-refractivity contribution in [2.45, 2.75) is 45.9 Å². The lowest BCUT2D eigenvalue weighted by molar-refractivity contribution is -0.232. The van der Waals surface area contributed by atoms with Gasteiger partial charge in [-0.15, -0.1) is 0 Å². The Morgan fingerprint density at radius 1 is 0.969 bits per heavy atom. The predicted octanol–water partition coefficient (Wildman–Crippen LogP) is 5.21. The van der Waals surface area contributed by atoms with Crippen molar-refractivity contribution in [3.63, 3.8) is 0 Å². The number of aryl methyl sites for hydroxylation is 1. The Morgan fingerprint density at radius 2 is 1.62 bits per heavy atom. The zero-order valence-electron chi connectivity index (χ0n) is 19.0. The van der Waals surface area contributed by atoms with Gasteiger partial charge in [0.1, 0.15) is 0 Å². The fraction of sp³-hybridized carbons (Fsp3) is 0.259. The molecule has 0 radical (unpaired) electrons. The Labute approximate surface area is 190 Å². The molecule has 0 saturated carbocycles. The number of amides is 2. The number of hydroxylamine groups is 2. The Morgan fingerprint density at radius 3 is 2.22 bits per heavy atom. The highest BCUT2D eigenvalue weighted by Gasteiger charge is 2.31. The first-order valence-electron chi connectivity index (χ1n) is 10.7. The van der Waals surface area contributed by atoms with Gasteiger partial charge in [-0.2, -0.15) is 0 Å². The summed E-state index contributed by atoms with van der Waals surface area (Å²) in [4.78, 5) is 31.0. The smallest absolute Gasteiger partial charge is 0.250 e. The Hall–Kier alpha value is -3.44. The Kier molecular flexibility index (Phi) is 7.44. The molecule has 32 heavy (non-hydrogen) atoms. The van der Waals surface area contributed by atoms with Gasteiger partial charge in [0.05, 0.1) is 5.60 Å². The summed E-state index contributed by atoms with van der Waals surface area (Å²) in [6.07, 6.45) is 0.563. The van der Waals surface area contributed by atoms with Crippen molar-refractivity contribution >= 4 is 12.3 Å². The second-order valence-electron chi connectivity index (χ2n) is 8.77. The summed E-state index contributed by atoms with van der Waals surface area (Å²) in [5.41, 5.74) is 4.25. The molecule has 0 bridgehead atoms. The van der Waals surface area contributed by atoms with E-state index < -0.39 is 11.6 Å². The lowest BCUT2D eigenvalue weighted by Gasteiger charge is -2.32. The largest absolute Gasteiger partial charge is 0.350 e. The van der Waals surface area contributed by atoms with Crippen LogP contribution in [0, 0.1) is 6.92 Å². The third kappa shape index (κ3) is 6.28. The molecular weight excluding hydrogens is 400 g/mol. The van der Waals surface area contributed by atoms with Gasteiger partial charge in [-0.3, -0.25) is 14.4 Å². The molecule has 1 N–H and O–H groups in total. The molecule has 0 heterocycles. The highest BCUT2D eigenvalue weighted by Crippen LogP contribution is 2.27. The number of hydrogen-bond acceptors (Lipinski definition) is 3. The van der Waals surface area contributed by atoms with Crippen LogP contribution in [0.15, 0.2) is 78.9 Å². The lowest BCUT2D eigenvalue weighted by Crippen LogP contribution is -2.43. The Bertz CT molecular complexity index is 1040. The first-order valence-corrected chi connectivity index (χ1v) is 10.7. The van der Waals surface area contributed by atoms with Gasteiger partial charge < -0.3 is 5.32 Å². The summed E-state index contributed by atoms with van der Waals surface area (Å²) in [6.45, 7) is 7.88. The average molecular weight is 431 g/mol. The van der Waals surface area contributed by atoms with E-state index in [1.165, 1.54) is 0 Å². The lowest BCUT2D eigenvalue weighted by atomic mass is 10.00. The highest BCUT2D eigenvalue weighted by atomic mass is 16.7. The van der Waals surface area contributed by atoms with Crippen molar-refractivity contribution in [2.75, 3.05) is 0 Å². The van der Waals surface area contributed by atoms with E-state index in [0.29, 0.717) is 18.5 Å². The fourth-order valence-corrected chi connectivity index (χ4v) is 3.46. The van der Waals surface area contributed by atoms with E-state index in [1.54, 1.807) is 0 Å². The maximum Gasteiger partial charge on any atom is 0.250 e. The number of benzene rings is 3. The van der Waals surface area contributed by atoms with Gasteiger partial charge in [0.25, 0.3) is 0 Å². The predicted molar refractivity (Wildman–Crippen MR) is 126 cm³/mol. The maximum absolute atomic E-state index is 13.3. The minimum absolute atomic E-state index is 0.310. The number of nitrogens with zero attached hydrogens (tertiary/aromatic N) is 1. The summed E-state index contributed by atoms with van der Waals surface area (Å²) in [5.74, 6) is -0.310. The van der Waals surface area contributed by atoms with Gasteiger partial charge in [-0.25, -0.2) is 5.06 Å². The highest BCUT2D eigenvalue weighted by molar-refractivity contribution is 5.85. The van der Waals surface area contributed by atoms with Crippen LogP contribution >= 0.6 is 0 Å². The molecule has 3 aromatic rings. The molecule has 0 spiro atoms. The molecule has 0 fully saturated rings.